The van der Waals surface area contributed by atoms with Crippen LogP contribution >= 0.6 is 0 Å². The van der Waals surface area contributed by atoms with Crippen molar-refractivity contribution >= 4 is 23.9 Å². The van der Waals surface area contributed by atoms with E-state index in [1.165, 1.54) is 6.08 Å². The van der Waals surface area contributed by atoms with Gasteiger partial charge in [0.05, 0.1) is 7.11 Å². The van der Waals surface area contributed by atoms with Crippen LogP contribution < -0.4 is 15.4 Å². The van der Waals surface area contributed by atoms with E-state index in [2.05, 4.69) is 10.6 Å². The SMILES string of the molecule is COc1ccc(/C=C(\NC(=O)c2ccccc2)C(=O)N[C@@H](CC(C)C)C(=O)O)cc1. The van der Waals surface area contributed by atoms with E-state index in [-0.39, 0.29) is 18.0 Å². The molecule has 0 bridgehead atoms. The topological polar surface area (TPSA) is 105 Å². The van der Waals surface area contributed by atoms with Crippen LogP contribution in [0.25, 0.3) is 6.08 Å². The molecule has 2 rings (SSSR count). The van der Waals surface area contributed by atoms with E-state index in [0.717, 1.165) is 0 Å². The third-order valence-electron chi connectivity index (χ3n) is 4.27. The van der Waals surface area contributed by atoms with Crippen LogP contribution in [0.15, 0.2) is 60.3 Å². The Morgan fingerprint density at radius 2 is 1.67 bits per heavy atom. The Morgan fingerprint density at radius 1 is 1.03 bits per heavy atom. The molecule has 0 heterocycles. The molecular formula is C23H26N2O5. The molecule has 0 radical (unpaired) electrons. The average Bonchev–Trinajstić information content (AvgIpc) is 2.73. The van der Waals surface area contributed by atoms with Crippen molar-refractivity contribution in [2.75, 3.05) is 7.11 Å². The van der Waals surface area contributed by atoms with Crippen LogP contribution in [0.5, 0.6) is 5.75 Å². The van der Waals surface area contributed by atoms with Gasteiger partial charge >= 0.3 is 5.97 Å². The quantitative estimate of drug-likeness (QED) is 0.551. The van der Waals surface area contributed by atoms with Crippen LogP contribution in [0.1, 0.15) is 36.2 Å². The summed E-state index contributed by atoms with van der Waals surface area (Å²) in [5, 5.41) is 14.5. The first kappa shape index (κ1) is 22.7. The molecule has 2 aromatic rings. The van der Waals surface area contributed by atoms with Gasteiger partial charge in [0.25, 0.3) is 11.8 Å². The molecule has 2 aromatic carbocycles. The summed E-state index contributed by atoms with van der Waals surface area (Å²) in [4.78, 5) is 37.0. The lowest BCUT2D eigenvalue weighted by molar-refractivity contribution is -0.141. The third kappa shape index (κ3) is 6.77. The molecule has 0 spiro atoms. The lowest BCUT2D eigenvalue weighted by Crippen LogP contribution is -2.45. The lowest BCUT2D eigenvalue weighted by Gasteiger charge is -2.18. The minimum Gasteiger partial charge on any atom is -0.497 e. The first-order valence-corrected chi connectivity index (χ1v) is 9.56. The number of carboxylic acid groups (broad SMARTS) is 1. The Hall–Kier alpha value is -3.61. The van der Waals surface area contributed by atoms with E-state index in [4.69, 9.17) is 4.74 Å². The largest absolute Gasteiger partial charge is 0.497 e. The molecule has 0 fully saturated rings. The number of amides is 2. The maximum atomic E-state index is 12.9. The van der Waals surface area contributed by atoms with Crippen molar-refractivity contribution in [2.24, 2.45) is 5.92 Å². The normalized spacial score (nSPS) is 12.2. The Morgan fingerprint density at radius 3 is 2.20 bits per heavy atom. The van der Waals surface area contributed by atoms with Gasteiger partial charge in [0, 0.05) is 5.56 Å². The van der Waals surface area contributed by atoms with E-state index in [0.29, 0.717) is 16.9 Å². The summed E-state index contributed by atoms with van der Waals surface area (Å²) in [6, 6.07) is 14.3. The number of rotatable bonds is 9. The number of nitrogens with one attached hydrogen (secondary N) is 2. The maximum Gasteiger partial charge on any atom is 0.326 e. The molecule has 2 amide bonds. The molecule has 0 unspecified atom stereocenters. The number of hydrogen-bond acceptors (Lipinski definition) is 4. The summed E-state index contributed by atoms with van der Waals surface area (Å²) in [5.41, 5.74) is 0.969. The summed E-state index contributed by atoms with van der Waals surface area (Å²) in [6.45, 7) is 3.74. The molecule has 3 N–H and O–H groups in total. The molecule has 1 atom stereocenters. The second-order valence-electron chi connectivity index (χ2n) is 7.15. The van der Waals surface area contributed by atoms with E-state index in [1.54, 1.807) is 61.7 Å². The first-order chi connectivity index (χ1) is 14.3. The first-order valence-electron chi connectivity index (χ1n) is 9.56. The number of benzene rings is 2. The highest BCUT2D eigenvalue weighted by Gasteiger charge is 2.24. The second-order valence-corrected chi connectivity index (χ2v) is 7.15. The molecule has 0 aromatic heterocycles. The van der Waals surface area contributed by atoms with Crippen LogP contribution in [0.2, 0.25) is 0 Å². The number of hydrogen-bond donors (Lipinski definition) is 3. The Balaban J connectivity index is 2.31. The summed E-state index contributed by atoms with van der Waals surface area (Å²) in [6.07, 6.45) is 1.76. The monoisotopic (exact) mass is 410 g/mol. The standard InChI is InChI=1S/C23H26N2O5/c1-15(2)13-20(23(28)29)25-22(27)19(14-16-9-11-18(30-3)12-10-16)24-21(26)17-7-5-4-6-8-17/h4-12,14-15,20H,13H2,1-3H3,(H,24,26)(H,25,27)(H,28,29)/b19-14-/t20-/m0/s1. The fourth-order valence-corrected chi connectivity index (χ4v) is 2.74. The second kappa shape index (κ2) is 10.8. The molecule has 0 aliphatic rings. The molecule has 0 saturated carbocycles. The smallest absolute Gasteiger partial charge is 0.326 e. The number of aliphatic carboxylic acids is 1. The van der Waals surface area contributed by atoms with E-state index in [1.807, 2.05) is 13.8 Å². The molecule has 30 heavy (non-hydrogen) atoms. The predicted molar refractivity (Wildman–Crippen MR) is 114 cm³/mol. The lowest BCUT2D eigenvalue weighted by atomic mass is 10.0. The fourth-order valence-electron chi connectivity index (χ4n) is 2.74. The van der Waals surface area contributed by atoms with E-state index < -0.39 is 23.8 Å². The van der Waals surface area contributed by atoms with Crippen molar-refractivity contribution < 1.29 is 24.2 Å². The Kier molecular flexibility index (Phi) is 8.17. The third-order valence-corrected chi connectivity index (χ3v) is 4.27. The Bertz CT molecular complexity index is 905. The van der Waals surface area contributed by atoms with Crippen molar-refractivity contribution in [2.45, 2.75) is 26.3 Å². The van der Waals surface area contributed by atoms with Crippen LogP contribution in [-0.4, -0.2) is 36.0 Å². The van der Waals surface area contributed by atoms with Gasteiger partial charge in [-0.05, 0) is 48.2 Å². The highest BCUT2D eigenvalue weighted by molar-refractivity contribution is 6.06. The van der Waals surface area contributed by atoms with Gasteiger partial charge in [0.2, 0.25) is 0 Å². The van der Waals surface area contributed by atoms with E-state index in [9.17, 15) is 19.5 Å². The number of ether oxygens (including phenoxy) is 1. The molecular weight excluding hydrogens is 384 g/mol. The van der Waals surface area contributed by atoms with Gasteiger partial charge in [-0.3, -0.25) is 9.59 Å². The van der Waals surface area contributed by atoms with Gasteiger partial charge in [-0.1, -0.05) is 44.2 Å². The number of carbonyl (C=O) groups is 3. The molecule has 0 aliphatic heterocycles. The van der Waals surface area contributed by atoms with Gasteiger partial charge in [-0.25, -0.2) is 4.79 Å². The number of carboxylic acids is 1. The van der Waals surface area contributed by atoms with E-state index >= 15 is 0 Å². The summed E-state index contributed by atoms with van der Waals surface area (Å²) < 4.78 is 5.12. The molecule has 7 nitrogen and oxygen atoms in total. The highest BCUT2D eigenvalue weighted by Crippen LogP contribution is 2.14. The van der Waals surface area contributed by atoms with Crippen LogP contribution in [0, 0.1) is 5.92 Å². The van der Waals surface area contributed by atoms with Crippen molar-refractivity contribution in [3.8, 4) is 5.75 Å². The minimum absolute atomic E-state index is 0.0518. The van der Waals surface area contributed by atoms with Crippen LogP contribution in [-0.2, 0) is 9.59 Å². The summed E-state index contributed by atoms with van der Waals surface area (Å²) >= 11 is 0. The zero-order valence-corrected chi connectivity index (χ0v) is 17.2. The molecule has 158 valence electrons. The van der Waals surface area contributed by atoms with Crippen molar-refractivity contribution in [3.05, 3.63) is 71.4 Å². The predicted octanol–water partition coefficient (Wildman–Crippen LogP) is 3.08. The van der Waals surface area contributed by atoms with Crippen LogP contribution in [0.4, 0.5) is 0 Å². The summed E-state index contributed by atoms with van der Waals surface area (Å²) in [7, 11) is 1.55. The number of carbonyl (C=O) groups excluding carboxylic acids is 2. The van der Waals surface area contributed by atoms with Gasteiger partial charge in [0.15, 0.2) is 0 Å². The summed E-state index contributed by atoms with van der Waals surface area (Å²) in [5.74, 6) is -1.56. The zero-order chi connectivity index (χ0) is 22.1. The Labute approximate surface area is 175 Å². The van der Waals surface area contributed by atoms with Crippen molar-refractivity contribution in [1.82, 2.24) is 10.6 Å². The fraction of sp³-hybridized carbons (Fsp3) is 0.261. The molecule has 7 heteroatoms. The van der Waals surface area contributed by atoms with Crippen LogP contribution in [0.3, 0.4) is 0 Å². The van der Waals surface area contributed by atoms with Gasteiger partial charge < -0.3 is 20.5 Å². The minimum atomic E-state index is -1.13. The van der Waals surface area contributed by atoms with Crippen molar-refractivity contribution in [3.63, 3.8) is 0 Å². The zero-order valence-electron chi connectivity index (χ0n) is 17.2. The number of methoxy groups -OCH3 is 1. The van der Waals surface area contributed by atoms with Gasteiger partial charge in [-0.15, -0.1) is 0 Å². The van der Waals surface area contributed by atoms with Gasteiger partial charge in [-0.2, -0.15) is 0 Å². The maximum absolute atomic E-state index is 12.9. The van der Waals surface area contributed by atoms with Gasteiger partial charge in [0.1, 0.15) is 17.5 Å². The highest BCUT2D eigenvalue weighted by atomic mass is 16.5. The average molecular weight is 410 g/mol. The van der Waals surface area contributed by atoms with Crippen molar-refractivity contribution in [1.29, 1.82) is 0 Å². The molecule has 0 aliphatic carbocycles. The molecule has 0 saturated heterocycles.